The molecule has 3 rings (SSSR count). The van der Waals surface area contributed by atoms with E-state index in [1.54, 1.807) is 24.3 Å². The lowest BCUT2D eigenvalue weighted by molar-refractivity contribution is 0.103. The van der Waals surface area contributed by atoms with E-state index in [2.05, 4.69) is 5.32 Å². The van der Waals surface area contributed by atoms with Gasteiger partial charge in [-0.1, -0.05) is 46.9 Å². The van der Waals surface area contributed by atoms with Gasteiger partial charge in [-0.15, -0.1) is 11.3 Å². The van der Waals surface area contributed by atoms with Gasteiger partial charge in [0.25, 0.3) is 5.91 Å². The summed E-state index contributed by atoms with van der Waals surface area (Å²) in [6.45, 7) is 1.90. The Bertz CT molecular complexity index is 888. The number of rotatable bonds is 2. The molecule has 2 nitrogen and oxygen atoms in total. The van der Waals surface area contributed by atoms with E-state index in [1.807, 2.05) is 19.1 Å². The number of anilines is 1. The van der Waals surface area contributed by atoms with Crippen molar-refractivity contribution >= 4 is 67.8 Å². The van der Waals surface area contributed by atoms with Crippen LogP contribution in [0.4, 0.5) is 5.69 Å². The molecule has 0 radical (unpaired) electrons. The standard InChI is InChI=1S/C16H10Cl3NOS/c1-8-2-3-9(17)6-12(8)20-16(21)15-14(19)11-5-4-10(18)7-13(11)22-15/h2-7H,1H3,(H,20,21). The van der Waals surface area contributed by atoms with Gasteiger partial charge in [0.1, 0.15) is 4.88 Å². The zero-order valence-electron chi connectivity index (χ0n) is 11.4. The van der Waals surface area contributed by atoms with Crippen LogP contribution in [-0.4, -0.2) is 5.91 Å². The number of fused-ring (bicyclic) bond motifs is 1. The Balaban J connectivity index is 1.98. The van der Waals surface area contributed by atoms with Crippen molar-refractivity contribution in [2.24, 2.45) is 0 Å². The zero-order chi connectivity index (χ0) is 15.9. The van der Waals surface area contributed by atoms with Crippen LogP contribution in [0.25, 0.3) is 10.1 Å². The van der Waals surface area contributed by atoms with Crippen molar-refractivity contribution in [3.63, 3.8) is 0 Å². The Kier molecular flexibility index (Phi) is 4.33. The third kappa shape index (κ3) is 2.95. The molecule has 0 saturated carbocycles. The largest absolute Gasteiger partial charge is 0.321 e. The first kappa shape index (κ1) is 15.6. The molecule has 2 aromatic carbocycles. The highest BCUT2D eigenvalue weighted by atomic mass is 35.5. The molecular weight excluding hydrogens is 361 g/mol. The lowest BCUT2D eigenvalue weighted by Crippen LogP contribution is -2.11. The fourth-order valence-electron chi connectivity index (χ4n) is 2.09. The second kappa shape index (κ2) is 6.09. The van der Waals surface area contributed by atoms with E-state index in [9.17, 15) is 4.79 Å². The number of benzene rings is 2. The molecule has 1 amide bonds. The van der Waals surface area contributed by atoms with Crippen LogP contribution in [0.2, 0.25) is 15.1 Å². The highest BCUT2D eigenvalue weighted by Crippen LogP contribution is 2.37. The molecule has 112 valence electrons. The van der Waals surface area contributed by atoms with Crippen LogP contribution >= 0.6 is 46.1 Å². The number of nitrogens with one attached hydrogen (secondary N) is 1. The summed E-state index contributed by atoms with van der Waals surface area (Å²) in [5.41, 5.74) is 1.60. The summed E-state index contributed by atoms with van der Waals surface area (Å²) in [6, 6.07) is 10.7. The number of halogens is 3. The molecule has 22 heavy (non-hydrogen) atoms. The third-order valence-electron chi connectivity index (χ3n) is 3.25. The summed E-state index contributed by atoms with van der Waals surface area (Å²) in [4.78, 5) is 12.9. The molecule has 0 aliphatic rings. The smallest absolute Gasteiger partial charge is 0.267 e. The molecule has 1 aromatic heterocycles. The highest BCUT2D eigenvalue weighted by Gasteiger charge is 2.18. The van der Waals surface area contributed by atoms with Crippen LogP contribution in [-0.2, 0) is 0 Å². The number of aryl methyl sites for hydroxylation is 1. The van der Waals surface area contributed by atoms with Gasteiger partial charge >= 0.3 is 0 Å². The van der Waals surface area contributed by atoms with E-state index in [1.165, 1.54) is 11.3 Å². The zero-order valence-corrected chi connectivity index (χ0v) is 14.5. The van der Waals surface area contributed by atoms with Gasteiger partial charge in [-0.2, -0.15) is 0 Å². The van der Waals surface area contributed by atoms with Crippen molar-refractivity contribution in [2.45, 2.75) is 6.92 Å². The van der Waals surface area contributed by atoms with Crippen LogP contribution < -0.4 is 5.32 Å². The minimum Gasteiger partial charge on any atom is -0.321 e. The van der Waals surface area contributed by atoms with Gasteiger partial charge in [-0.25, -0.2) is 0 Å². The molecule has 0 spiro atoms. The van der Waals surface area contributed by atoms with Gasteiger partial charge in [0.05, 0.1) is 5.02 Å². The topological polar surface area (TPSA) is 29.1 Å². The van der Waals surface area contributed by atoms with Gasteiger partial charge in [-0.3, -0.25) is 4.79 Å². The quantitative estimate of drug-likeness (QED) is 0.554. The number of hydrogen-bond acceptors (Lipinski definition) is 2. The van der Waals surface area contributed by atoms with Crippen molar-refractivity contribution in [1.29, 1.82) is 0 Å². The summed E-state index contributed by atoms with van der Waals surface area (Å²) in [6.07, 6.45) is 0. The van der Waals surface area contributed by atoms with Crippen molar-refractivity contribution in [1.82, 2.24) is 0 Å². The lowest BCUT2D eigenvalue weighted by atomic mass is 10.2. The van der Waals surface area contributed by atoms with E-state index >= 15 is 0 Å². The molecule has 0 saturated heterocycles. The Morgan fingerprint density at radius 2 is 1.73 bits per heavy atom. The van der Waals surface area contributed by atoms with Crippen LogP contribution in [0.1, 0.15) is 15.2 Å². The first-order valence-corrected chi connectivity index (χ1v) is 8.36. The number of carbonyl (C=O) groups is 1. The van der Waals surface area contributed by atoms with Crippen molar-refractivity contribution in [2.75, 3.05) is 5.32 Å². The number of carbonyl (C=O) groups excluding carboxylic acids is 1. The Morgan fingerprint density at radius 1 is 1.05 bits per heavy atom. The molecule has 3 aromatic rings. The molecule has 0 fully saturated rings. The fraction of sp³-hybridized carbons (Fsp3) is 0.0625. The van der Waals surface area contributed by atoms with Crippen LogP contribution in [0.15, 0.2) is 36.4 Å². The van der Waals surface area contributed by atoms with Crippen LogP contribution in [0.3, 0.4) is 0 Å². The first-order valence-electron chi connectivity index (χ1n) is 6.41. The summed E-state index contributed by atoms with van der Waals surface area (Å²) in [5.74, 6) is -0.257. The lowest BCUT2D eigenvalue weighted by Gasteiger charge is -2.08. The van der Waals surface area contributed by atoms with Crippen LogP contribution in [0, 0.1) is 6.92 Å². The molecule has 1 N–H and O–H groups in total. The number of hydrogen-bond donors (Lipinski definition) is 1. The minimum atomic E-state index is -0.257. The maximum atomic E-state index is 12.5. The van der Waals surface area contributed by atoms with E-state index in [4.69, 9.17) is 34.8 Å². The monoisotopic (exact) mass is 369 g/mol. The third-order valence-corrected chi connectivity index (χ3v) is 5.37. The van der Waals surface area contributed by atoms with E-state index in [0.29, 0.717) is 25.6 Å². The van der Waals surface area contributed by atoms with E-state index < -0.39 is 0 Å². The number of thiophene rings is 1. The minimum absolute atomic E-state index is 0.257. The maximum Gasteiger partial charge on any atom is 0.267 e. The fourth-order valence-corrected chi connectivity index (χ4v) is 3.95. The summed E-state index contributed by atoms with van der Waals surface area (Å²) >= 11 is 19.6. The first-order chi connectivity index (χ1) is 10.5. The summed E-state index contributed by atoms with van der Waals surface area (Å²) < 4.78 is 0.880. The van der Waals surface area contributed by atoms with Crippen molar-refractivity contribution < 1.29 is 4.79 Å². The van der Waals surface area contributed by atoms with Gasteiger partial charge < -0.3 is 5.32 Å². The normalized spacial score (nSPS) is 10.9. The van der Waals surface area contributed by atoms with Gasteiger partial charge in [-0.05, 0) is 36.8 Å². The van der Waals surface area contributed by atoms with Crippen LogP contribution in [0.5, 0.6) is 0 Å². The number of amides is 1. The predicted molar refractivity (Wildman–Crippen MR) is 96.0 cm³/mol. The second-order valence-corrected chi connectivity index (χ2v) is 7.10. The molecule has 0 aliphatic carbocycles. The molecule has 0 bridgehead atoms. The Morgan fingerprint density at radius 3 is 2.50 bits per heavy atom. The summed E-state index contributed by atoms with van der Waals surface area (Å²) in [7, 11) is 0. The molecule has 6 heteroatoms. The highest BCUT2D eigenvalue weighted by molar-refractivity contribution is 7.21. The summed E-state index contributed by atoms with van der Waals surface area (Å²) in [5, 5.41) is 5.29. The van der Waals surface area contributed by atoms with Gasteiger partial charge in [0.2, 0.25) is 0 Å². The maximum absolute atomic E-state index is 12.5. The molecule has 0 aliphatic heterocycles. The SMILES string of the molecule is Cc1ccc(Cl)cc1NC(=O)c1sc2cc(Cl)ccc2c1Cl. The molecule has 1 heterocycles. The Hall–Kier alpha value is -1.26. The molecule has 0 unspecified atom stereocenters. The average molecular weight is 371 g/mol. The molecule has 0 atom stereocenters. The molecular formula is C16H10Cl3NOS. The van der Waals surface area contributed by atoms with E-state index in [0.717, 1.165) is 15.6 Å². The predicted octanol–water partition coefficient (Wildman–Crippen LogP) is 6.42. The van der Waals surface area contributed by atoms with Crippen molar-refractivity contribution in [3.8, 4) is 0 Å². The van der Waals surface area contributed by atoms with Gasteiger partial charge in [0.15, 0.2) is 0 Å². The van der Waals surface area contributed by atoms with Crippen molar-refractivity contribution in [3.05, 3.63) is 61.9 Å². The van der Waals surface area contributed by atoms with E-state index in [-0.39, 0.29) is 5.91 Å². The second-order valence-electron chi connectivity index (χ2n) is 4.80. The Labute approximate surface area is 146 Å². The van der Waals surface area contributed by atoms with Gasteiger partial charge in [0, 0.05) is 25.8 Å². The average Bonchev–Trinajstić information content (AvgIpc) is 2.79.